The number of sulfonamides is 1. The van der Waals surface area contributed by atoms with Gasteiger partial charge in [-0.1, -0.05) is 19.1 Å². The molecule has 1 N–H and O–H groups in total. The number of rotatable bonds is 8. The predicted molar refractivity (Wildman–Crippen MR) is 87.0 cm³/mol. The lowest BCUT2D eigenvalue weighted by atomic mass is 10.3. The summed E-state index contributed by atoms with van der Waals surface area (Å²) >= 11 is 0. The molecule has 0 aliphatic heterocycles. The van der Waals surface area contributed by atoms with Crippen LogP contribution in [0.25, 0.3) is 0 Å². The van der Waals surface area contributed by atoms with E-state index in [4.69, 9.17) is 0 Å². The molecule has 0 amide bonds. The highest BCUT2D eigenvalue weighted by Gasteiger charge is 2.34. The highest BCUT2D eigenvalue weighted by Crippen LogP contribution is 2.33. The van der Waals surface area contributed by atoms with Gasteiger partial charge in [0.1, 0.15) is 4.90 Å². The lowest BCUT2D eigenvalue weighted by Crippen LogP contribution is -2.38. The molecule has 1 aliphatic carbocycles. The minimum Gasteiger partial charge on any atom is -0.384 e. The first kappa shape index (κ1) is 16.3. The van der Waals surface area contributed by atoms with E-state index in [0.717, 1.165) is 25.8 Å². The van der Waals surface area contributed by atoms with Gasteiger partial charge in [-0.05, 0) is 51.2 Å². The van der Waals surface area contributed by atoms with Gasteiger partial charge < -0.3 is 5.32 Å². The minimum atomic E-state index is -3.45. The molecule has 1 saturated carbocycles. The Kier molecular flexibility index (Phi) is 5.27. The lowest BCUT2D eigenvalue weighted by Gasteiger charge is -2.27. The topological polar surface area (TPSA) is 49.4 Å². The molecule has 0 heterocycles. The molecule has 1 fully saturated rings. The van der Waals surface area contributed by atoms with Gasteiger partial charge in [-0.3, -0.25) is 0 Å². The first-order chi connectivity index (χ1) is 9.96. The Balaban J connectivity index is 2.32. The van der Waals surface area contributed by atoms with Crippen molar-refractivity contribution in [3.8, 4) is 0 Å². The summed E-state index contributed by atoms with van der Waals surface area (Å²) in [7, 11) is -3.45. The summed E-state index contributed by atoms with van der Waals surface area (Å²) in [6, 6.07) is 7.19. The Morgan fingerprint density at radius 3 is 2.52 bits per heavy atom. The van der Waals surface area contributed by atoms with Gasteiger partial charge >= 0.3 is 0 Å². The van der Waals surface area contributed by atoms with Gasteiger partial charge in [0.25, 0.3) is 0 Å². The first-order valence-corrected chi connectivity index (χ1v) is 9.25. The zero-order valence-corrected chi connectivity index (χ0v) is 14.0. The molecule has 0 aromatic heterocycles. The van der Waals surface area contributed by atoms with E-state index in [-0.39, 0.29) is 6.04 Å². The maximum Gasteiger partial charge on any atom is 0.245 e. The van der Waals surface area contributed by atoms with Crippen molar-refractivity contribution in [2.24, 2.45) is 5.92 Å². The smallest absolute Gasteiger partial charge is 0.245 e. The average molecular weight is 310 g/mol. The zero-order chi connectivity index (χ0) is 15.5. The van der Waals surface area contributed by atoms with Crippen molar-refractivity contribution in [2.75, 3.05) is 18.4 Å². The van der Waals surface area contributed by atoms with Crippen molar-refractivity contribution in [3.63, 3.8) is 0 Å². The van der Waals surface area contributed by atoms with Crippen LogP contribution in [-0.4, -0.2) is 31.9 Å². The van der Waals surface area contributed by atoms with E-state index in [1.54, 1.807) is 16.4 Å². The number of anilines is 1. The third-order valence-electron chi connectivity index (χ3n) is 3.75. The molecule has 0 saturated heterocycles. The van der Waals surface area contributed by atoms with Gasteiger partial charge in [0.05, 0.1) is 5.69 Å². The van der Waals surface area contributed by atoms with Gasteiger partial charge in [-0.2, -0.15) is 4.31 Å². The summed E-state index contributed by atoms with van der Waals surface area (Å²) < 4.78 is 27.7. The van der Waals surface area contributed by atoms with Crippen LogP contribution >= 0.6 is 0 Å². The van der Waals surface area contributed by atoms with Crippen LogP contribution in [0.1, 0.15) is 40.0 Å². The van der Waals surface area contributed by atoms with Crippen LogP contribution in [0.15, 0.2) is 29.2 Å². The molecule has 0 bridgehead atoms. The molecule has 118 valence electrons. The van der Waals surface area contributed by atoms with Crippen molar-refractivity contribution in [1.82, 2.24) is 4.31 Å². The van der Waals surface area contributed by atoms with Gasteiger partial charge in [0.15, 0.2) is 0 Å². The second kappa shape index (κ2) is 6.79. The van der Waals surface area contributed by atoms with Crippen LogP contribution in [0, 0.1) is 5.92 Å². The van der Waals surface area contributed by atoms with Crippen LogP contribution in [0.2, 0.25) is 0 Å². The fourth-order valence-electron chi connectivity index (χ4n) is 2.37. The highest BCUT2D eigenvalue weighted by molar-refractivity contribution is 7.89. The van der Waals surface area contributed by atoms with Crippen LogP contribution < -0.4 is 5.32 Å². The van der Waals surface area contributed by atoms with Crippen LogP contribution in [0.4, 0.5) is 5.69 Å². The van der Waals surface area contributed by atoms with Gasteiger partial charge in [-0.25, -0.2) is 8.42 Å². The van der Waals surface area contributed by atoms with E-state index in [9.17, 15) is 8.42 Å². The number of hydrogen-bond acceptors (Lipinski definition) is 3. The molecule has 0 spiro atoms. The largest absolute Gasteiger partial charge is 0.384 e. The molecular formula is C16H26N2O2S. The number of nitrogens with one attached hydrogen (secondary N) is 1. The Morgan fingerprint density at radius 2 is 1.95 bits per heavy atom. The SMILES string of the molecule is CCCNc1ccccc1S(=O)(=O)N(CC1CC1)C(C)C. The second-order valence-corrected chi connectivity index (χ2v) is 7.89. The Morgan fingerprint density at radius 1 is 1.29 bits per heavy atom. The van der Waals surface area contributed by atoms with Crippen molar-refractivity contribution in [3.05, 3.63) is 24.3 Å². The maximum absolute atomic E-state index is 13.0. The summed E-state index contributed by atoms with van der Waals surface area (Å²) in [6.45, 7) is 7.38. The van der Waals surface area contributed by atoms with Crippen LogP contribution in [-0.2, 0) is 10.0 Å². The second-order valence-electron chi connectivity index (χ2n) is 6.03. The third-order valence-corrected chi connectivity index (χ3v) is 5.85. The molecule has 5 heteroatoms. The van der Waals surface area contributed by atoms with E-state index in [2.05, 4.69) is 12.2 Å². The standard InChI is InChI=1S/C16H26N2O2S/c1-4-11-17-15-7-5-6-8-16(15)21(19,20)18(13(2)3)12-14-9-10-14/h5-8,13-14,17H,4,9-12H2,1-3H3. The normalized spacial score (nSPS) is 15.7. The van der Waals surface area contributed by atoms with Crippen molar-refractivity contribution < 1.29 is 8.42 Å². The summed E-state index contributed by atoms with van der Waals surface area (Å²) in [5.74, 6) is 0.540. The fourth-order valence-corrected chi connectivity index (χ4v) is 4.25. The summed E-state index contributed by atoms with van der Waals surface area (Å²) in [6.07, 6.45) is 3.26. The summed E-state index contributed by atoms with van der Waals surface area (Å²) in [4.78, 5) is 0.396. The monoisotopic (exact) mass is 310 g/mol. The van der Waals surface area contributed by atoms with E-state index in [0.29, 0.717) is 23.0 Å². The quantitative estimate of drug-likeness (QED) is 0.801. The number of benzene rings is 1. The van der Waals surface area contributed by atoms with Crippen LogP contribution in [0.5, 0.6) is 0 Å². The molecule has 0 radical (unpaired) electrons. The molecule has 1 aromatic carbocycles. The predicted octanol–water partition coefficient (Wildman–Crippen LogP) is 3.32. The van der Waals surface area contributed by atoms with Crippen molar-refractivity contribution >= 4 is 15.7 Å². The third kappa shape index (κ3) is 3.98. The molecule has 21 heavy (non-hydrogen) atoms. The molecule has 1 aliphatic rings. The molecule has 1 aromatic rings. The summed E-state index contributed by atoms with van der Waals surface area (Å²) in [5, 5.41) is 3.23. The lowest BCUT2D eigenvalue weighted by molar-refractivity contribution is 0.342. The van der Waals surface area contributed by atoms with Gasteiger partial charge in [0.2, 0.25) is 10.0 Å². The number of hydrogen-bond donors (Lipinski definition) is 1. The number of para-hydroxylation sites is 1. The average Bonchev–Trinajstić information content (AvgIpc) is 3.26. The molecule has 0 unspecified atom stereocenters. The number of nitrogens with zero attached hydrogens (tertiary/aromatic N) is 1. The molecule has 4 nitrogen and oxygen atoms in total. The highest BCUT2D eigenvalue weighted by atomic mass is 32.2. The first-order valence-electron chi connectivity index (χ1n) is 7.81. The van der Waals surface area contributed by atoms with E-state index >= 15 is 0 Å². The molecular weight excluding hydrogens is 284 g/mol. The van der Waals surface area contributed by atoms with Crippen LogP contribution in [0.3, 0.4) is 0 Å². The Labute approximate surface area is 128 Å². The maximum atomic E-state index is 13.0. The minimum absolute atomic E-state index is 0.0187. The molecule has 2 rings (SSSR count). The van der Waals surface area contributed by atoms with Gasteiger partial charge in [0, 0.05) is 19.1 Å². The van der Waals surface area contributed by atoms with Crippen molar-refractivity contribution in [2.45, 2.75) is 51.0 Å². The summed E-state index contributed by atoms with van der Waals surface area (Å²) in [5.41, 5.74) is 0.709. The van der Waals surface area contributed by atoms with E-state index < -0.39 is 10.0 Å². The zero-order valence-electron chi connectivity index (χ0n) is 13.2. The Bertz CT molecular complexity index is 565. The van der Waals surface area contributed by atoms with E-state index in [1.807, 2.05) is 26.0 Å². The fraction of sp³-hybridized carbons (Fsp3) is 0.625. The van der Waals surface area contributed by atoms with E-state index in [1.165, 1.54) is 0 Å². The molecule has 0 atom stereocenters. The van der Waals surface area contributed by atoms with Crippen molar-refractivity contribution in [1.29, 1.82) is 0 Å². The van der Waals surface area contributed by atoms with Gasteiger partial charge in [-0.15, -0.1) is 0 Å². The Hall–Kier alpha value is -1.07.